The third kappa shape index (κ3) is 4.67. The second-order valence-corrected chi connectivity index (χ2v) is 7.92. The zero-order chi connectivity index (χ0) is 21.8. The highest BCUT2D eigenvalue weighted by atomic mass is 79.9. The van der Waals surface area contributed by atoms with Crippen molar-refractivity contribution in [2.75, 3.05) is 11.9 Å². The van der Waals surface area contributed by atoms with Gasteiger partial charge in [-0.3, -0.25) is 10.1 Å². The smallest absolute Gasteiger partial charge is 0.409 e. The van der Waals surface area contributed by atoms with E-state index in [1.54, 1.807) is 7.05 Å². The molecule has 7 heteroatoms. The van der Waals surface area contributed by atoms with Gasteiger partial charge in [-0.25, -0.2) is 9.79 Å². The van der Waals surface area contributed by atoms with Crippen molar-refractivity contribution in [3.05, 3.63) is 100 Å². The fraction of sp³-hybridized carbons (Fsp3) is 0.125. The van der Waals surface area contributed by atoms with Crippen LogP contribution in [0.25, 0.3) is 0 Å². The quantitative estimate of drug-likeness (QED) is 0.600. The summed E-state index contributed by atoms with van der Waals surface area (Å²) in [5, 5.41) is 2.61. The minimum absolute atomic E-state index is 0.104. The fourth-order valence-electron chi connectivity index (χ4n) is 3.33. The molecule has 0 radical (unpaired) electrons. The monoisotopic (exact) mass is 477 g/mol. The number of amides is 2. The molecule has 1 unspecified atom stereocenters. The number of benzodiazepines with no additional fused rings is 1. The topological polar surface area (TPSA) is 71.0 Å². The number of likely N-dealkylation sites (N-methyl/N-ethyl adjacent to an activating group) is 1. The lowest BCUT2D eigenvalue weighted by Gasteiger charge is -2.20. The summed E-state index contributed by atoms with van der Waals surface area (Å²) in [4.78, 5) is 31.7. The first-order chi connectivity index (χ1) is 15.0. The molecule has 0 aliphatic carbocycles. The van der Waals surface area contributed by atoms with Crippen LogP contribution in [-0.2, 0) is 16.1 Å². The van der Waals surface area contributed by atoms with Crippen molar-refractivity contribution in [2.24, 2.45) is 4.99 Å². The zero-order valence-corrected chi connectivity index (χ0v) is 18.4. The number of rotatable bonds is 4. The number of halogens is 1. The first-order valence-corrected chi connectivity index (χ1v) is 10.5. The van der Waals surface area contributed by atoms with E-state index in [9.17, 15) is 9.59 Å². The van der Waals surface area contributed by atoms with Crippen LogP contribution in [0.1, 0.15) is 16.7 Å². The molecule has 0 spiro atoms. The Hall–Kier alpha value is -3.45. The Kier molecular flexibility index (Phi) is 6.13. The molecule has 0 bridgehead atoms. The number of carbonyl (C=O) groups excluding carboxylic acids is 2. The van der Waals surface area contributed by atoms with Gasteiger partial charge in [0.2, 0.25) is 6.17 Å². The van der Waals surface area contributed by atoms with Crippen LogP contribution in [0.5, 0.6) is 0 Å². The molecule has 156 valence electrons. The third-order valence-corrected chi connectivity index (χ3v) is 5.46. The second-order valence-electron chi connectivity index (χ2n) is 7.01. The number of alkyl carbamates (subject to hydrolysis) is 1. The van der Waals surface area contributed by atoms with Gasteiger partial charge in [0.1, 0.15) is 6.61 Å². The van der Waals surface area contributed by atoms with E-state index in [2.05, 4.69) is 26.2 Å². The zero-order valence-electron chi connectivity index (χ0n) is 16.8. The van der Waals surface area contributed by atoms with E-state index in [1.807, 2.05) is 78.9 Å². The van der Waals surface area contributed by atoms with Crippen LogP contribution in [0.15, 0.2) is 88.3 Å². The van der Waals surface area contributed by atoms with Gasteiger partial charge in [0.05, 0.1) is 11.4 Å². The summed E-state index contributed by atoms with van der Waals surface area (Å²) in [5.41, 5.74) is 3.84. The highest BCUT2D eigenvalue weighted by Crippen LogP contribution is 2.27. The summed E-state index contributed by atoms with van der Waals surface area (Å²) >= 11 is 3.44. The first kappa shape index (κ1) is 20.8. The molecule has 2 amide bonds. The van der Waals surface area contributed by atoms with Crippen molar-refractivity contribution < 1.29 is 14.3 Å². The molecule has 1 N–H and O–H groups in total. The summed E-state index contributed by atoms with van der Waals surface area (Å²) in [6.45, 7) is 0.104. The first-order valence-electron chi connectivity index (χ1n) is 9.71. The Morgan fingerprint density at radius 2 is 1.71 bits per heavy atom. The lowest BCUT2D eigenvalue weighted by atomic mass is 10.0. The molecule has 1 heterocycles. The minimum Gasteiger partial charge on any atom is -0.445 e. The summed E-state index contributed by atoms with van der Waals surface area (Å²) in [6, 6.07) is 24.5. The van der Waals surface area contributed by atoms with Gasteiger partial charge in [-0.1, -0.05) is 76.6 Å². The van der Waals surface area contributed by atoms with Crippen molar-refractivity contribution in [2.45, 2.75) is 12.8 Å². The fourth-order valence-corrected chi connectivity index (χ4v) is 3.59. The second kappa shape index (κ2) is 9.14. The van der Waals surface area contributed by atoms with Crippen LogP contribution >= 0.6 is 15.9 Å². The number of para-hydroxylation sites is 1. The molecule has 0 saturated carbocycles. The van der Waals surface area contributed by atoms with E-state index in [0.29, 0.717) is 5.71 Å². The van der Waals surface area contributed by atoms with Crippen LogP contribution in [0.4, 0.5) is 10.5 Å². The predicted octanol–water partition coefficient (Wildman–Crippen LogP) is 4.52. The van der Waals surface area contributed by atoms with Crippen LogP contribution in [0.2, 0.25) is 0 Å². The molecule has 3 aromatic carbocycles. The van der Waals surface area contributed by atoms with Gasteiger partial charge in [0.15, 0.2) is 0 Å². The molecule has 0 aromatic heterocycles. The molecule has 3 aromatic rings. The SMILES string of the molecule is CN1C(=O)C(NC(=O)OCc2ccccc2)N=C(c2ccc(Br)cc2)c2ccccc21. The number of anilines is 1. The minimum atomic E-state index is -1.11. The Balaban J connectivity index is 1.64. The third-order valence-electron chi connectivity index (χ3n) is 4.93. The highest BCUT2D eigenvalue weighted by molar-refractivity contribution is 9.10. The number of hydrogen-bond acceptors (Lipinski definition) is 4. The number of hydrogen-bond donors (Lipinski definition) is 1. The van der Waals surface area contributed by atoms with Gasteiger partial charge in [0.25, 0.3) is 5.91 Å². The number of benzene rings is 3. The maximum absolute atomic E-state index is 13.1. The largest absolute Gasteiger partial charge is 0.445 e. The average molecular weight is 478 g/mol. The van der Waals surface area contributed by atoms with Crippen LogP contribution in [-0.4, -0.2) is 30.9 Å². The summed E-state index contributed by atoms with van der Waals surface area (Å²) < 4.78 is 6.23. The predicted molar refractivity (Wildman–Crippen MR) is 123 cm³/mol. The van der Waals surface area contributed by atoms with Crippen LogP contribution in [0, 0.1) is 0 Å². The Morgan fingerprint density at radius 3 is 2.45 bits per heavy atom. The van der Waals surface area contributed by atoms with Crippen LogP contribution < -0.4 is 10.2 Å². The number of ether oxygens (including phenoxy) is 1. The van der Waals surface area contributed by atoms with E-state index >= 15 is 0 Å². The number of nitrogens with one attached hydrogen (secondary N) is 1. The van der Waals surface area contributed by atoms with Gasteiger partial charge in [0, 0.05) is 22.6 Å². The number of aliphatic imine (C=N–C) groups is 1. The Labute approximate surface area is 188 Å². The number of carbonyl (C=O) groups is 2. The van der Waals surface area contributed by atoms with Crippen molar-refractivity contribution in [3.8, 4) is 0 Å². The van der Waals surface area contributed by atoms with Gasteiger partial charge in [-0.05, 0) is 23.8 Å². The molecule has 0 fully saturated rings. The molecule has 4 rings (SSSR count). The maximum Gasteiger partial charge on any atom is 0.409 e. The molecule has 1 aliphatic heterocycles. The molecular weight excluding hydrogens is 458 g/mol. The van der Waals surface area contributed by atoms with E-state index in [4.69, 9.17) is 4.74 Å². The van der Waals surface area contributed by atoms with E-state index < -0.39 is 12.3 Å². The Morgan fingerprint density at radius 1 is 1.03 bits per heavy atom. The van der Waals surface area contributed by atoms with Gasteiger partial charge in [-0.15, -0.1) is 0 Å². The summed E-state index contributed by atoms with van der Waals surface area (Å²) in [6.07, 6.45) is -1.82. The number of fused-ring (bicyclic) bond motifs is 1. The van der Waals surface area contributed by atoms with E-state index in [0.717, 1.165) is 26.9 Å². The molecule has 0 saturated heterocycles. The van der Waals surface area contributed by atoms with E-state index in [1.165, 1.54) is 4.90 Å². The van der Waals surface area contributed by atoms with Crippen LogP contribution in [0.3, 0.4) is 0 Å². The number of nitrogens with zero attached hydrogens (tertiary/aromatic N) is 2. The lowest BCUT2D eigenvalue weighted by molar-refractivity contribution is -0.120. The highest BCUT2D eigenvalue weighted by Gasteiger charge is 2.31. The van der Waals surface area contributed by atoms with Crippen molar-refractivity contribution >= 4 is 39.3 Å². The molecule has 6 nitrogen and oxygen atoms in total. The van der Waals surface area contributed by atoms with E-state index in [-0.39, 0.29) is 12.5 Å². The van der Waals surface area contributed by atoms with Crippen molar-refractivity contribution in [3.63, 3.8) is 0 Å². The summed E-state index contributed by atoms with van der Waals surface area (Å²) in [5.74, 6) is -0.351. The van der Waals surface area contributed by atoms with Crippen molar-refractivity contribution in [1.29, 1.82) is 0 Å². The van der Waals surface area contributed by atoms with Crippen molar-refractivity contribution in [1.82, 2.24) is 5.32 Å². The molecule has 1 aliphatic rings. The standard InChI is InChI=1S/C24H20BrN3O3/c1-28-20-10-6-5-9-19(20)21(17-11-13-18(25)14-12-17)26-22(23(28)29)27-24(30)31-15-16-7-3-2-4-8-16/h2-14,22H,15H2,1H3,(H,27,30). The van der Waals surface area contributed by atoms with Gasteiger partial charge >= 0.3 is 6.09 Å². The van der Waals surface area contributed by atoms with Gasteiger partial charge in [-0.2, -0.15) is 0 Å². The summed E-state index contributed by atoms with van der Waals surface area (Å²) in [7, 11) is 1.67. The normalized spacial score (nSPS) is 15.5. The maximum atomic E-state index is 13.1. The average Bonchev–Trinajstić information content (AvgIpc) is 2.90. The Bertz CT molecular complexity index is 1130. The lowest BCUT2D eigenvalue weighted by Crippen LogP contribution is -2.46. The van der Waals surface area contributed by atoms with Gasteiger partial charge < -0.3 is 9.64 Å². The molecular formula is C24H20BrN3O3. The molecule has 31 heavy (non-hydrogen) atoms. The molecule has 1 atom stereocenters.